The monoisotopic (exact) mass is 860 g/mol. The van der Waals surface area contributed by atoms with Crippen LogP contribution >= 0.6 is 0 Å². The first-order valence-corrected chi connectivity index (χ1v) is 17.1. The van der Waals surface area contributed by atoms with E-state index in [9.17, 15) is 0 Å². The van der Waals surface area contributed by atoms with Gasteiger partial charge in [0.2, 0.25) is 0 Å². The zero-order valence-electron chi connectivity index (χ0n) is 37.1. The minimum Gasteiger partial charge on any atom is -0.501 e. The number of pyridine rings is 2. The zero-order valence-corrected chi connectivity index (χ0v) is 30.5. The van der Waals surface area contributed by atoms with Crippen molar-refractivity contribution in [1.82, 2.24) is 9.97 Å². The predicted octanol–water partition coefficient (Wildman–Crippen LogP) is 11.5. The summed E-state index contributed by atoms with van der Waals surface area (Å²) in [5.41, 5.74) is 12.2. The minimum atomic E-state index is -2.29. The van der Waals surface area contributed by atoms with Crippen LogP contribution in [0.1, 0.15) is 51.3 Å². The fraction of sp³-hybridized carbons (Fsp3) is 0.167. The molecule has 1 radical (unpaired) electrons. The number of benzene rings is 5. The Balaban J connectivity index is 0.000000208. The number of rotatable bonds is 3. The summed E-state index contributed by atoms with van der Waals surface area (Å²) in [6.07, 6.45) is 7.09. The number of para-hydroxylation sites is 1. The Morgan fingerprint density at radius 3 is 2.15 bits per heavy atom. The molecule has 0 N–H and O–H groups in total. The van der Waals surface area contributed by atoms with Crippen LogP contribution in [0.15, 0.2) is 132 Å². The molecule has 2 aliphatic rings. The van der Waals surface area contributed by atoms with Crippen molar-refractivity contribution in [3.8, 4) is 33.6 Å². The van der Waals surface area contributed by atoms with Crippen LogP contribution in [0.2, 0.25) is 0 Å². The van der Waals surface area contributed by atoms with E-state index in [1.54, 1.807) is 12.1 Å². The molecule has 3 nitrogen and oxygen atoms in total. The first-order valence-electron chi connectivity index (χ1n) is 21.6. The molecule has 8 aromatic rings. The summed E-state index contributed by atoms with van der Waals surface area (Å²) in [4.78, 5) is 8.70. The maximum atomic E-state index is 8.27. The molecule has 257 valence electrons. The van der Waals surface area contributed by atoms with Crippen molar-refractivity contribution in [3.05, 3.63) is 179 Å². The molecule has 0 bridgehead atoms. The van der Waals surface area contributed by atoms with Crippen LogP contribution in [0, 0.1) is 38.1 Å². The van der Waals surface area contributed by atoms with Gasteiger partial charge in [0.25, 0.3) is 0 Å². The van der Waals surface area contributed by atoms with Crippen molar-refractivity contribution in [2.24, 2.45) is 5.41 Å². The summed E-state index contributed by atoms with van der Waals surface area (Å²) in [5.74, 6) is 0. The second-order valence-corrected chi connectivity index (χ2v) is 13.7. The number of furan rings is 1. The molecular weight excluding hydrogens is 813 g/mol. The van der Waals surface area contributed by atoms with E-state index >= 15 is 0 Å². The minimum absolute atomic E-state index is 0. The Hall–Kier alpha value is -5.15. The predicted molar refractivity (Wildman–Crippen MR) is 208 cm³/mol. The maximum absolute atomic E-state index is 8.27. The number of fused-ring (bicyclic) bond motifs is 5. The first-order chi connectivity index (χ1) is 28.5. The van der Waals surface area contributed by atoms with Crippen molar-refractivity contribution in [2.45, 2.75) is 46.2 Å². The largest absolute Gasteiger partial charge is 0.501 e. The van der Waals surface area contributed by atoms with Crippen LogP contribution in [0.25, 0.3) is 55.6 Å². The van der Waals surface area contributed by atoms with Gasteiger partial charge >= 0.3 is 0 Å². The molecule has 0 saturated heterocycles. The van der Waals surface area contributed by atoms with Gasteiger partial charge in [-0.1, -0.05) is 96.7 Å². The van der Waals surface area contributed by atoms with Gasteiger partial charge in [-0.15, -0.1) is 53.6 Å². The average molecular weight is 860 g/mol. The summed E-state index contributed by atoms with van der Waals surface area (Å²) in [6, 6.07) is 42.8. The van der Waals surface area contributed by atoms with Crippen LogP contribution in [0.4, 0.5) is 0 Å². The Morgan fingerprint density at radius 2 is 1.40 bits per heavy atom. The van der Waals surface area contributed by atoms with Gasteiger partial charge < -0.3 is 14.4 Å². The van der Waals surface area contributed by atoms with Crippen LogP contribution in [-0.2, 0) is 45.8 Å². The summed E-state index contributed by atoms with van der Waals surface area (Å²) >= 11 is 0. The molecule has 0 fully saturated rings. The maximum Gasteiger partial charge on any atom is 0.120 e. The van der Waals surface area contributed by atoms with Gasteiger partial charge in [0.15, 0.2) is 0 Å². The molecule has 5 aromatic carbocycles. The van der Waals surface area contributed by atoms with Crippen molar-refractivity contribution in [1.29, 1.82) is 0 Å². The zero-order chi connectivity index (χ0) is 42.0. The average Bonchev–Trinajstić information content (AvgIpc) is 3.90. The van der Waals surface area contributed by atoms with E-state index < -0.39 is 20.6 Å². The molecule has 3 heterocycles. The molecule has 10 rings (SSSR count). The standard InChI is InChI=1S/C35H26NO.C13H12N.Ir/c1-22-21-36-32(30-11-6-10-29-28-9-4-5-12-33(28)37-34(29)30)16-31(22)23-13-14-26-19-35(20-27(26)15-23)17-24-7-2-3-8-25(24)18-35;1-10-3-6-12(7-4-10)13-8-5-11(2)9-14-13;/h2-10,12-16,21H,17-20H2,1H3;3-6,8-9H,1-2H3;/q2*-1;/i1D3;1D3,2D3;. The molecule has 52 heavy (non-hydrogen) atoms. The van der Waals surface area contributed by atoms with Crippen molar-refractivity contribution in [2.75, 3.05) is 0 Å². The Morgan fingerprint density at radius 1 is 0.654 bits per heavy atom. The third kappa shape index (κ3) is 6.32. The number of nitrogens with zero attached hydrogens (tertiary/aromatic N) is 2. The van der Waals surface area contributed by atoms with E-state index in [0.29, 0.717) is 28.1 Å². The molecule has 0 unspecified atom stereocenters. The topological polar surface area (TPSA) is 38.9 Å². The fourth-order valence-electron chi connectivity index (χ4n) is 7.87. The van der Waals surface area contributed by atoms with Gasteiger partial charge in [-0.2, -0.15) is 0 Å². The van der Waals surface area contributed by atoms with Gasteiger partial charge in [0.1, 0.15) is 5.58 Å². The van der Waals surface area contributed by atoms with E-state index in [1.165, 1.54) is 52.8 Å². The SMILES string of the molecule is [2H]C([2H])([2H])c1c[c-]c(-c2ccc(C([2H])([2H])[2H])cn2)cc1.[2H]C([2H])([2H])c1cnc(-c2[c-]ccc3c2oc2ccccc23)cc1-c1ccc2c(c1)CC1(Cc3ccccc3C1)C2.[Ir]. The number of hydrogen-bond acceptors (Lipinski definition) is 3. The van der Waals surface area contributed by atoms with E-state index in [-0.39, 0.29) is 42.2 Å². The molecule has 0 amide bonds. The van der Waals surface area contributed by atoms with Crippen LogP contribution in [-0.4, -0.2) is 9.97 Å². The molecular formula is C48H38IrN2O-2. The molecule has 1 spiro atoms. The fourth-order valence-corrected chi connectivity index (χ4v) is 7.87. The third-order valence-corrected chi connectivity index (χ3v) is 10.2. The van der Waals surface area contributed by atoms with Crippen molar-refractivity contribution in [3.63, 3.8) is 0 Å². The third-order valence-electron chi connectivity index (χ3n) is 10.2. The van der Waals surface area contributed by atoms with Gasteiger partial charge in [0.05, 0.1) is 5.58 Å². The normalized spacial score (nSPS) is 17.0. The molecule has 0 aliphatic heterocycles. The molecule has 3 aromatic heterocycles. The summed E-state index contributed by atoms with van der Waals surface area (Å²) in [7, 11) is 0. The number of aromatic nitrogens is 2. The van der Waals surface area contributed by atoms with Gasteiger partial charge in [-0.05, 0) is 107 Å². The quantitative estimate of drug-likeness (QED) is 0.166. The molecule has 4 heteroatoms. The summed E-state index contributed by atoms with van der Waals surface area (Å²) in [5, 5.41) is 2.03. The molecule has 2 aliphatic carbocycles. The number of hydrogen-bond donors (Lipinski definition) is 0. The van der Waals surface area contributed by atoms with Gasteiger partial charge in [0, 0.05) is 50.2 Å². The smallest absolute Gasteiger partial charge is 0.120 e. The van der Waals surface area contributed by atoms with E-state index in [0.717, 1.165) is 53.2 Å². The van der Waals surface area contributed by atoms with E-state index in [2.05, 4.69) is 64.6 Å². The summed E-state index contributed by atoms with van der Waals surface area (Å²) < 4.78 is 74.7. The van der Waals surface area contributed by atoms with Crippen molar-refractivity contribution < 1.29 is 36.9 Å². The second-order valence-electron chi connectivity index (χ2n) is 13.7. The van der Waals surface area contributed by atoms with Gasteiger partial charge in [-0.25, -0.2) is 0 Å². The van der Waals surface area contributed by atoms with Crippen LogP contribution in [0.5, 0.6) is 0 Å². The van der Waals surface area contributed by atoms with Crippen LogP contribution < -0.4 is 0 Å². The van der Waals surface area contributed by atoms with Crippen molar-refractivity contribution >= 4 is 21.9 Å². The van der Waals surface area contributed by atoms with Crippen LogP contribution in [0.3, 0.4) is 0 Å². The van der Waals surface area contributed by atoms with E-state index in [1.807, 2.05) is 42.5 Å². The first kappa shape index (κ1) is 24.9. The summed E-state index contributed by atoms with van der Waals surface area (Å²) in [6.45, 7) is -6.63. The molecule has 0 atom stereocenters. The Labute approximate surface area is 331 Å². The Bertz CT molecular complexity index is 2820. The Kier molecular flexibility index (Phi) is 6.60. The molecule has 0 saturated carbocycles. The van der Waals surface area contributed by atoms with Gasteiger partial charge in [-0.3, -0.25) is 0 Å². The van der Waals surface area contributed by atoms with E-state index in [4.69, 9.17) is 16.8 Å². The second kappa shape index (κ2) is 13.8. The number of aryl methyl sites for hydroxylation is 3.